The number of hydrogen-bond acceptors (Lipinski definition) is 2. The van der Waals surface area contributed by atoms with E-state index in [1.165, 1.54) is 109 Å². The van der Waals surface area contributed by atoms with Gasteiger partial charge in [-0.1, -0.05) is 139 Å². The molecule has 3 aliphatic carbocycles. The third-order valence-electron chi connectivity index (χ3n) is 11.8. The first kappa shape index (κ1) is 32.2. The van der Waals surface area contributed by atoms with Crippen molar-refractivity contribution in [1.29, 1.82) is 0 Å². The van der Waals surface area contributed by atoms with Crippen LogP contribution in [0.1, 0.15) is 60.3 Å². The zero-order valence-corrected chi connectivity index (χ0v) is 31.5. The molecule has 2 heterocycles. The van der Waals surface area contributed by atoms with Crippen molar-refractivity contribution in [2.45, 2.75) is 62.0 Å². The summed E-state index contributed by atoms with van der Waals surface area (Å²) < 4.78 is 0. The zero-order chi connectivity index (χ0) is 34.8. The number of rotatable bonds is 5. The largest absolute Gasteiger partial charge is 0.117 e. The average molecular weight is 707 g/mol. The minimum absolute atomic E-state index is 0.472. The Kier molecular flexibility index (Phi) is 8.15. The lowest BCUT2D eigenvalue weighted by Gasteiger charge is -2.22. The molecular formula is C50H42S2. The topological polar surface area (TPSA) is 0 Å². The fourth-order valence-corrected chi connectivity index (χ4v) is 12.3. The van der Waals surface area contributed by atoms with Crippen LogP contribution in [0.15, 0.2) is 160 Å². The van der Waals surface area contributed by atoms with Crippen LogP contribution in [-0.4, -0.2) is 5.25 Å². The number of aryl methyl sites for hydroxylation is 2. The second kappa shape index (κ2) is 13.2. The minimum atomic E-state index is 0.472. The summed E-state index contributed by atoms with van der Waals surface area (Å²) in [4.78, 5) is 4.71. The van der Waals surface area contributed by atoms with E-state index < -0.39 is 0 Å². The third kappa shape index (κ3) is 5.54. The molecule has 0 N–H and O–H groups in total. The molecule has 3 atom stereocenters. The van der Waals surface area contributed by atoms with Crippen molar-refractivity contribution in [2.75, 3.05) is 0 Å². The molecule has 2 heteroatoms. The summed E-state index contributed by atoms with van der Waals surface area (Å²) >= 11 is 4.12. The van der Waals surface area contributed by atoms with E-state index in [1.807, 2.05) is 11.8 Å². The molecule has 0 radical (unpaired) electrons. The van der Waals surface area contributed by atoms with Gasteiger partial charge in [-0.2, -0.15) is 0 Å². The monoisotopic (exact) mass is 706 g/mol. The highest BCUT2D eigenvalue weighted by atomic mass is 32.2. The lowest BCUT2D eigenvalue weighted by Crippen LogP contribution is -2.07. The van der Waals surface area contributed by atoms with Crippen molar-refractivity contribution < 1.29 is 0 Å². The molecule has 0 spiro atoms. The Bertz CT molecular complexity index is 2420. The lowest BCUT2D eigenvalue weighted by atomic mass is 9.82. The van der Waals surface area contributed by atoms with Gasteiger partial charge < -0.3 is 0 Å². The molecule has 10 rings (SSSR count). The van der Waals surface area contributed by atoms with E-state index in [0.29, 0.717) is 17.1 Å². The normalized spacial score (nSPS) is 21.3. The van der Waals surface area contributed by atoms with E-state index in [2.05, 4.69) is 165 Å². The van der Waals surface area contributed by atoms with Gasteiger partial charge in [0.2, 0.25) is 0 Å². The maximum atomic E-state index is 2.44. The van der Waals surface area contributed by atoms with Crippen molar-refractivity contribution in [1.82, 2.24) is 0 Å². The van der Waals surface area contributed by atoms with Crippen molar-refractivity contribution in [3.8, 4) is 44.5 Å². The van der Waals surface area contributed by atoms with E-state index in [4.69, 9.17) is 0 Å². The van der Waals surface area contributed by atoms with Crippen LogP contribution < -0.4 is 0 Å². The highest BCUT2D eigenvalue weighted by Gasteiger charge is 2.35. The van der Waals surface area contributed by atoms with Crippen LogP contribution in [0, 0.1) is 19.8 Å². The van der Waals surface area contributed by atoms with Gasteiger partial charge in [0.1, 0.15) is 0 Å². The standard InChI is InChI=1S/C50H42S2/c1-31-26-34(41-16-10-18-45-43-14-6-8-20-47(43)51-49(41)45)22-24-39(31)37-28-36(33-12-4-3-5-13-33)29-38(30-37)40-25-23-35(27-32(40)2)42-17-11-19-46-44-15-7-9-21-48(44)52-50(42)46/h3-6,8,10-14,16-18,20,22-30,43,46-47H,7,9,15,19,21H2,1-2H3. The molecule has 0 saturated heterocycles. The fraction of sp³-hybridized carbons (Fsp3) is 0.200. The molecule has 5 aromatic rings. The summed E-state index contributed by atoms with van der Waals surface area (Å²) in [6.07, 6.45) is 20.4. The average Bonchev–Trinajstić information content (AvgIpc) is 3.77. The van der Waals surface area contributed by atoms with Gasteiger partial charge >= 0.3 is 0 Å². The molecule has 0 amide bonds. The fourth-order valence-electron chi connectivity index (χ4n) is 9.22. The Balaban J connectivity index is 1.03. The highest BCUT2D eigenvalue weighted by Crippen LogP contribution is 2.56. The van der Waals surface area contributed by atoms with Crippen LogP contribution in [0.5, 0.6) is 0 Å². The van der Waals surface area contributed by atoms with E-state index in [-0.39, 0.29) is 0 Å². The molecule has 5 aromatic carbocycles. The smallest absolute Gasteiger partial charge is 0.0381 e. The Morgan fingerprint density at radius 1 is 0.596 bits per heavy atom. The van der Waals surface area contributed by atoms with Crippen molar-refractivity contribution in [2.24, 2.45) is 5.92 Å². The van der Waals surface area contributed by atoms with Gasteiger partial charge in [-0.3, -0.25) is 0 Å². The molecule has 0 aromatic heterocycles. The molecule has 254 valence electrons. The Morgan fingerprint density at radius 3 is 2.13 bits per heavy atom. The van der Waals surface area contributed by atoms with E-state index in [9.17, 15) is 0 Å². The van der Waals surface area contributed by atoms with Crippen LogP contribution in [0.25, 0.3) is 50.1 Å². The Morgan fingerprint density at radius 2 is 1.33 bits per heavy atom. The van der Waals surface area contributed by atoms with Crippen LogP contribution >= 0.6 is 23.5 Å². The second-order valence-electron chi connectivity index (χ2n) is 15.1. The number of benzene rings is 5. The molecule has 0 bridgehead atoms. The summed E-state index contributed by atoms with van der Waals surface area (Å²) in [5.41, 5.74) is 18.9. The van der Waals surface area contributed by atoms with Gasteiger partial charge in [0.05, 0.1) is 0 Å². The predicted molar refractivity (Wildman–Crippen MR) is 226 cm³/mol. The van der Waals surface area contributed by atoms with Gasteiger partial charge in [-0.15, -0.1) is 11.8 Å². The third-order valence-corrected chi connectivity index (χ3v) is 14.7. The van der Waals surface area contributed by atoms with Gasteiger partial charge in [0.15, 0.2) is 0 Å². The molecule has 0 nitrogen and oxygen atoms in total. The van der Waals surface area contributed by atoms with E-state index >= 15 is 0 Å². The molecule has 0 fully saturated rings. The predicted octanol–water partition coefficient (Wildman–Crippen LogP) is 14.5. The number of thioether (sulfide) groups is 2. The molecule has 5 aliphatic rings. The Hall–Kier alpha value is -4.50. The van der Waals surface area contributed by atoms with Crippen molar-refractivity contribution in [3.63, 3.8) is 0 Å². The second-order valence-corrected chi connectivity index (χ2v) is 17.4. The maximum absolute atomic E-state index is 2.44. The van der Waals surface area contributed by atoms with Crippen LogP contribution in [0.3, 0.4) is 0 Å². The summed E-state index contributed by atoms with van der Waals surface area (Å²) in [5.74, 6) is 1.08. The van der Waals surface area contributed by atoms with Crippen LogP contribution in [-0.2, 0) is 0 Å². The minimum Gasteiger partial charge on any atom is -0.117 e. The first-order valence-corrected chi connectivity index (χ1v) is 20.7. The first-order chi connectivity index (χ1) is 25.6. The zero-order valence-electron chi connectivity index (χ0n) is 29.9. The molecular weight excluding hydrogens is 665 g/mol. The highest BCUT2D eigenvalue weighted by molar-refractivity contribution is 8.07. The van der Waals surface area contributed by atoms with E-state index in [0.717, 1.165) is 0 Å². The number of hydrogen-bond donors (Lipinski definition) is 0. The van der Waals surface area contributed by atoms with Gasteiger partial charge in [-0.05, 0) is 141 Å². The van der Waals surface area contributed by atoms with Crippen molar-refractivity contribution in [3.05, 3.63) is 177 Å². The summed E-state index contributed by atoms with van der Waals surface area (Å²) in [5, 5.41) is 0.496. The van der Waals surface area contributed by atoms with Gasteiger partial charge in [-0.25, -0.2) is 0 Å². The number of allylic oxidation sites excluding steroid dienone is 9. The molecule has 2 aliphatic heterocycles. The quantitative estimate of drug-likeness (QED) is 0.178. The summed E-state index contributed by atoms with van der Waals surface area (Å²) in [6.45, 7) is 4.58. The maximum Gasteiger partial charge on any atom is 0.0381 e. The summed E-state index contributed by atoms with van der Waals surface area (Å²) in [7, 11) is 0. The van der Waals surface area contributed by atoms with E-state index in [1.54, 1.807) is 15.4 Å². The van der Waals surface area contributed by atoms with Crippen molar-refractivity contribution >= 4 is 29.1 Å². The summed E-state index contributed by atoms with van der Waals surface area (Å²) in [6, 6.07) is 39.2. The molecule has 52 heavy (non-hydrogen) atoms. The Labute approximate surface area is 317 Å². The number of fused-ring (bicyclic) bond motifs is 5. The van der Waals surface area contributed by atoms with Crippen LogP contribution in [0.4, 0.5) is 0 Å². The van der Waals surface area contributed by atoms with Gasteiger partial charge in [0, 0.05) is 26.9 Å². The molecule has 3 unspecified atom stereocenters. The van der Waals surface area contributed by atoms with Gasteiger partial charge in [0.25, 0.3) is 0 Å². The van der Waals surface area contributed by atoms with Crippen LogP contribution in [0.2, 0.25) is 0 Å². The SMILES string of the molecule is Cc1cc(C2=C3SC4=C(CCCC4)C3CC=C2)ccc1-c1cc(-c2ccccc2)cc(-c2ccc(-c3cccc4c3SC3C=CC=CC43)cc2C)c1. The molecule has 0 saturated carbocycles. The lowest BCUT2D eigenvalue weighted by molar-refractivity contribution is 0.624. The first-order valence-electron chi connectivity index (χ1n) is 19.0.